The van der Waals surface area contributed by atoms with Gasteiger partial charge in [0, 0.05) is 18.7 Å². The zero-order chi connectivity index (χ0) is 13.1. The van der Waals surface area contributed by atoms with Crippen LogP contribution in [0.4, 0.5) is 10.1 Å². The molecule has 1 aliphatic carbocycles. The van der Waals surface area contributed by atoms with Crippen LogP contribution in [0.25, 0.3) is 0 Å². The van der Waals surface area contributed by atoms with Gasteiger partial charge in [-0.1, -0.05) is 19.1 Å². The first kappa shape index (κ1) is 13.3. The molecule has 1 aromatic rings. The van der Waals surface area contributed by atoms with Crippen molar-refractivity contribution in [3.8, 4) is 0 Å². The average Bonchev–Trinajstić information content (AvgIpc) is 3.12. The normalized spacial score (nSPS) is 16.7. The van der Waals surface area contributed by atoms with Crippen molar-refractivity contribution in [2.24, 2.45) is 5.92 Å². The summed E-state index contributed by atoms with van der Waals surface area (Å²) in [5.41, 5.74) is 1.30. The Morgan fingerprint density at radius 3 is 2.72 bits per heavy atom. The summed E-state index contributed by atoms with van der Waals surface area (Å²) in [4.78, 5) is 2.11. The summed E-state index contributed by atoms with van der Waals surface area (Å²) in [7, 11) is 0. The van der Waals surface area contributed by atoms with Gasteiger partial charge in [0.25, 0.3) is 0 Å². The molecule has 1 saturated carbocycles. The average molecular weight is 251 g/mol. The van der Waals surface area contributed by atoms with Crippen LogP contribution < -0.4 is 4.90 Å². The first-order chi connectivity index (χ1) is 8.63. The highest BCUT2D eigenvalue weighted by Gasteiger charge is 2.27. The fraction of sp³-hybridized carbons (Fsp3) is 0.600. The molecule has 1 aromatic carbocycles. The summed E-state index contributed by atoms with van der Waals surface area (Å²) >= 11 is 0. The Morgan fingerprint density at radius 1 is 1.44 bits per heavy atom. The molecule has 1 aliphatic rings. The number of anilines is 1. The number of hydrogen-bond donors (Lipinski definition) is 1. The van der Waals surface area contributed by atoms with Gasteiger partial charge < -0.3 is 10.0 Å². The molecule has 0 saturated heterocycles. The number of nitrogens with zero attached hydrogens (tertiary/aromatic N) is 1. The van der Waals surface area contributed by atoms with Crippen molar-refractivity contribution < 1.29 is 9.50 Å². The molecule has 0 aromatic heterocycles. The second kappa shape index (κ2) is 5.70. The second-order valence-electron chi connectivity index (χ2n) is 5.24. The first-order valence-electron chi connectivity index (χ1n) is 6.85. The van der Waals surface area contributed by atoms with E-state index in [1.807, 2.05) is 6.07 Å². The number of hydrogen-bond acceptors (Lipinski definition) is 2. The van der Waals surface area contributed by atoms with Crippen molar-refractivity contribution in [1.29, 1.82) is 0 Å². The predicted molar refractivity (Wildman–Crippen MR) is 72.3 cm³/mol. The maximum atomic E-state index is 14.1. The van der Waals surface area contributed by atoms with Crippen molar-refractivity contribution >= 4 is 5.69 Å². The van der Waals surface area contributed by atoms with Gasteiger partial charge >= 0.3 is 0 Å². The third kappa shape index (κ3) is 3.02. The molecule has 1 N–H and O–H groups in total. The Balaban J connectivity index is 2.31. The van der Waals surface area contributed by atoms with Gasteiger partial charge in [0.2, 0.25) is 0 Å². The Kier molecular flexibility index (Phi) is 4.23. The van der Waals surface area contributed by atoms with Gasteiger partial charge in [0.1, 0.15) is 5.82 Å². The van der Waals surface area contributed by atoms with Crippen LogP contribution in [0, 0.1) is 11.7 Å². The van der Waals surface area contributed by atoms with Crippen LogP contribution in [0.5, 0.6) is 0 Å². The van der Waals surface area contributed by atoms with Gasteiger partial charge in [0.05, 0.1) is 11.8 Å². The summed E-state index contributed by atoms with van der Waals surface area (Å²) < 4.78 is 14.1. The predicted octanol–water partition coefficient (Wildman–Crippen LogP) is 3.51. The number of benzene rings is 1. The van der Waals surface area contributed by atoms with E-state index in [0.717, 1.165) is 19.5 Å². The lowest BCUT2D eigenvalue weighted by atomic mass is 10.1. The molecule has 0 amide bonds. The lowest BCUT2D eigenvalue weighted by molar-refractivity contribution is 0.199. The van der Waals surface area contributed by atoms with Crippen molar-refractivity contribution in [2.75, 3.05) is 18.0 Å². The molecule has 2 rings (SSSR count). The Hall–Kier alpha value is -1.09. The van der Waals surface area contributed by atoms with Gasteiger partial charge in [0.15, 0.2) is 0 Å². The second-order valence-corrected chi connectivity index (χ2v) is 5.24. The fourth-order valence-corrected chi connectivity index (χ4v) is 2.38. The lowest BCUT2D eigenvalue weighted by Gasteiger charge is -2.28. The monoisotopic (exact) mass is 251 g/mol. The van der Waals surface area contributed by atoms with Crippen LogP contribution in [-0.4, -0.2) is 18.2 Å². The van der Waals surface area contributed by atoms with E-state index in [1.54, 1.807) is 13.0 Å². The van der Waals surface area contributed by atoms with Gasteiger partial charge in [-0.15, -0.1) is 0 Å². The van der Waals surface area contributed by atoms with E-state index in [4.69, 9.17) is 0 Å². The number of rotatable bonds is 6. The molecular weight excluding hydrogens is 229 g/mol. The van der Waals surface area contributed by atoms with Crippen LogP contribution in [0.15, 0.2) is 18.2 Å². The molecule has 0 heterocycles. The third-order valence-electron chi connectivity index (χ3n) is 3.45. The molecule has 3 heteroatoms. The van der Waals surface area contributed by atoms with Crippen molar-refractivity contribution in [3.05, 3.63) is 29.6 Å². The molecule has 1 atom stereocenters. The smallest absolute Gasteiger partial charge is 0.146 e. The fourth-order valence-electron chi connectivity index (χ4n) is 2.38. The number of halogens is 1. The SMILES string of the molecule is CCCN(CC1CC1)c1c(F)cccc1C(C)O. The van der Waals surface area contributed by atoms with Gasteiger partial charge in [-0.05, 0) is 38.2 Å². The minimum Gasteiger partial charge on any atom is -0.389 e. The first-order valence-corrected chi connectivity index (χ1v) is 6.85. The topological polar surface area (TPSA) is 23.5 Å². The minimum atomic E-state index is -0.630. The maximum Gasteiger partial charge on any atom is 0.146 e. The molecule has 1 unspecified atom stereocenters. The molecule has 0 bridgehead atoms. The van der Waals surface area contributed by atoms with Crippen LogP contribution >= 0.6 is 0 Å². The van der Waals surface area contributed by atoms with E-state index in [-0.39, 0.29) is 5.82 Å². The van der Waals surface area contributed by atoms with Gasteiger partial charge in [-0.25, -0.2) is 4.39 Å². The summed E-state index contributed by atoms with van der Waals surface area (Å²) in [6.45, 7) is 5.55. The van der Waals surface area contributed by atoms with E-state index in [2.05, 4.69) is 11.8 Å². The molecule has 0 radical (unpaired) electrons. The van der Waals surface area contributed by atoms with Crippen molar-refractivity contribution in [1.82, 2.24) is 0 Å². The van der Waals surface area contributed by atoms with Crippen molar-refractivity contribution in [2.45, 2.75) is 39.2 Å². The quantitative estimate of drug-likeness (QED) is 0.836. The summed E-state index contributed by atoms with van der Waals surface area (Å²) in [6, 6.07) is 4.97. The lowest BCUT2D eigenvalue weighted by Crippen LogP contribution is -2.28. The zero-order valence-corrected chi connectivity index (χ0v) is 11.2. The van der Waals surface area contributed by atoms with E-state index in [9.17, 15) is 9.50 Å². The van der Waals surface area contributed by atoms with Crippen LogP contribution in [0.2, 0.25) is 0 Å². The molecule has 0 aliphatic heterocycles. The Bertz CT molecular complexity index is 401. The molecule has 100 valence electrons. The van der Waals surface area contributed by atoms with Crippen molar-refractivity contribution in [3.63, 3.8) is 0 Å². The molecular formula is C15H22FNO. The zero-order valence-electron chi connectivity index (χ0n) is 11.2. The van der Waals surface area contributed by atoms with E-state index in [0.29, 0.717) is 17.2 Å². The summed E-state index contributed by atoms with van der Waals surface area (Å²) in [6.07, 6.45) is 2.85. The largest absolute Gasteiger partial charge is 0.389 e. The van der Waals surface area contributed by atoms with Crippen LogP contribution in [0.1, 0.15) is 44.8 Å². The minimum absolute atomic E-state index is 0.220. The Labute approximate surface area is 108 Å². The molecule has 0 spiro atoms. The summed E-state index contributed by atoms with van der Waals surface area (Å²) in [5.74, 6) is 0.487. The maximum absolute atomic E-state index is 14.1. The standard InChI is InChI=1S/C15H22FNO/c1-3-9-17(10-12-7-8-12)15-13(11(2)18)5-4-6-14(15)16/h4-6,11-12,18H,3,7-10H2,1-2H3. The van der Waals surface area contributed by atoms with E-state index < -0.39 is 6.10 Å². The highest BCUT2D eigenvalue weighted by atomic mass is 19.1. The number of aliphatic hydroxyl groups excluding tert-OH is 1. The molecule has 1 fully saturated rings. The summed E-state index contributed by atoms with van der Waals surface area (Å²) in [5, 5.41) is 9.80. The van der Waals surface area contributed by atoms with Gasteiger partial charge in [-0.2, -0.15) is 0 Å². The Morgan fingerprint density at radius 2 is 2.17 bits per heavy atom. The number of para-hydroxylation sites is 1. The molecule has 18 heavy (non-hydrogen) atoms. The van der Waals surface area contributed by atoms with E-state index >= 15 is 0 Å². The third-order valence-corrected chi connectivity index (χ3v) is 3.45. The highest BCUT2D eigenvalue weighted by Crippen LogP contribution is 2.35. The number of aliphatic hydroxyl groups is 1. The van der Waals surface area contributed by atoms with Crippen LogP contribution in [0.3, 0.4) is 0 Å². The highest BCUT2D eigenvalue weighted by molar-refractivity contribution is 5.56. The van der Waals surface area contributed by atoms with E-state index in [1.165, 1.54) is 18.9 Å². The van der Waals surface area contributed by atoms with Gasteiger partial charge in [-0.3, -0.25) is 0 Å². The molecule has 2 nitrogen and oxygen atoms in total. The van der Waals surface area contributed by atoms with Crippen LogP contribution in [-0.2, 0) is 0 Å².